The van der Waals surface area contributed by atoms with Crippen molar-refractivity contribution in [1.29, 1.82) is 0 Å². The fraction of sp³-hybridized carbons (Fsp3) is 0. The molecular formula is C64H39NS. The molecule has 2 heterocycles. The molecule has 1 nitrogen and oxygen atoms in total. The molecule has 0 saturated heterocycles. The van der Waals surface area contributed by atoms with Crippen molar-refractivity contribution in [2.45, 2.75) is 0 Å². The van der Waals surface area contributed by atoms with Crippen LogP contribution in [0.25, 0.3) is 135 Å². The van der Waals surface area contributed by atoms with Gasteiger partial charge in [-0.2, -0.15) is 0 Å². The molecular weight excluding hydrogens is 815 g/mol. The molecule has 0 radical (unpaired) electrons. The lowest BCUT2D eigenvalue weighted by molar-refractivity contribution is 1.21. The smallest absolute Gasteiger partial charge is 0.0619 e. The molecule has 0 amide bonds. The maximum atomic E-state index is 2.53. The van der Waals surface area contributed by atoms with E-state index in [2.05, 4.69) is 241 Å². The molecule has 0 aliphatic rings. The van der Waals surface area contributed by atoms with Gasteiger partial charge in [0.25, 0.3) is 0 Å². The van der Waals surface area contributed by atoms with Crippen molar-refractivity contribution in [3.63, 3.8) is 0 Å². The molecule has 14 aromatic rings. The Labute approximate surface area is 385 Å². The molecule has 66 heavy (non-hydrogen) atoms. The number of nitrogens with zero attached hydrogens (tertiary/aromatic N) is 1. The molecule has 0 spiro atoms. The average Bonchev–Trinajstić information content (AvgIpc) is 3.94. The molecule has 0 atom stereocenters. The first kappa shape index (κ1) is 37.1. The summed E-state index contributed by atoms with van der Waals surface area (Å²) in [6.45, 7) is 0. The normalized spacial score (nSPS) is 11.9. The van der Waals surface area contributed by atoms with Crippen molar-refractivity contribution in [3.8, 4) is 50.2 Å². The average molecular weight is 854 g/mol. The van der Waals surface area contributed by atoms with Gasteiger partial charge < -0.3 is 4.57 Å². The highest BCUT2D eigenvalue weighted by Gasteiger charge is 2.24. The molecule has 12 aromatic carbocycles. The summed E-state index contributed by atoms with van der Waals surface area (Å²) in [7, 11) is 0. The third-order valence-electron chi connectivity index (χ3n) is 14.0. The van der Waals surface area contributed by atoms with Crippen molar-refractivity contribution in [3.05, 3.63) is 237 Å². The number of rotatable bonds is 5. The Bertz CT molecular complexity index is 4160. The van der Waals surface area contributed by atoms with Crippen LogP contribution in [0, 0.1) is 0 Å². The predicted molar refractivity (Wildman–Crippen MR) is 285 cm³/mol. The third kappa shape index (κ3) is 5.40. The van der Waals surface area contributed by atoms with Gasteiger partial charge in [-0.3, -0.25) is 0 Å². The van der Waals surface area contributed by atoms with Gasteiger partial charge >= 0.3 is 0 Å². The van der Waals surface area contributed by atoms with Gasteiger partial charge in [-0.15, -0.1) is 11.3 Å². The van der Waals surface area contributed by atoms with E-state index in [4.69, 9.17) is 0 Å². The van der Waals surface area contributed by atoms with Crippen LogP contribution in [-0.2, 0) is 0 Å². The summed E-state index contributed by atoms with van der Waals surface area (Å²) < 4.78 is 5.13. The van der Waals surface area contributed by atoms with Gasteiger partial charge in [-0.25, -0.2) is 0 Å². The third-order valence-corrected chi connectivity index (χ3v) is 15.2. The minimum absolute atomic E-state index is 1.20. The number of aromatic nitrogens is 1. The largest absolute Gasteiger partial charge is 0.308 e. The summed E-state index contributed by atoms with van der Waals surface area (Å²) in [5.41, 5.74) is 13.7. The van der Waals surface area contributed by atoms with Crippen molar-refractivity contribution in [2.24, 2.45) is 0 Å². The fourth-order valence-corrected chi connectivity index (χ4v) is 12.5. The highest BCUT2D eigenvalue weighted by atomic mass is 32.1. The molecule has 306 valence electrons. The quantitative estimate of drug-likeness (QED) is 0.152. The van der Waals surface area contributed by atoms with E-state index in [9.17, 15) is 0 Å². The van der Waals surface area contributed by atoms with Crippen LogP contribution < -0.4 is 0 Å². The predicted octanol–water partition coefficient (Wildman–Crippen LogP) is 18.4. The van der Waals surface area contributed by atoms with Crippen LogP contribution in [0.5, 0.6) is 0 Å². The van der Waals surface area contributed by atoms with Crippen LogP contribution in [-0.4, -0.2) is 4.57 Å². The molecule has 0 saturated carbocycles. The lowest BCUT2D eigenvalue weighted by Gasteiger charge is -2.20. The summed E-state index contributed by atoms with van der Waals surface area (Å²) in [6.07, 6.45) is 0. The first-order chi connectivity index (χ1) is 32.8. The molecule has 0 unspecified atom stereocenters. The number of fused-ring (bicyclic) bond motifs is 10. The van der Waals surface area contributed by atoms with Crippen molar-refractivity contribution >= 4 is 96.4 Å². The van der Waals surface area contributed by atoms with Crippen LogP contribution in [0.2, 0.25) is 0 Å². The second kappa shape index (κ2) is 14.6. The Morgan fingerprint density at radius 3 is 1.36 bits per heavy atom. The molecule has 0 N–H and O–H groups in total. The van der Waals surface area contributed by atoms with E-state index in [0.717, 1.165) is 0 Å². The van der Waals surface area contributed by atoms with Crippen molar-refractivity contribution < 1.29 is 0 Å². The van der Waals surface area contributed by atoms with Gasteiger partial charge in [0.05, 0.1) is 16.7 Å². The van der Waals surface area contributed by atoms with Gasteiger partial charge in [-0.05, 0) is 95.5 Å². The van der Waals surface area contributed by atoms with Crippen molar-refractivity contribution in [1.82, 2.24) is 4.57 Å². The molecule has 0 aliphatic heterocycles. The zero-order chi connectivity index (χ0) is 43.3. The summed E-state index contributed by atoms with van der Waals surface area (Å²) in [5.74, 6) is 0. The minimum Gasteiger partial charge on any atom is -0.308 e. The van der Waals surface area contributed by atoms with E-state index < -0.39 is 0 Å². The summed E-state index contributed by atoms with van der Waals surface area (Å²) in [6, 6.07) is 87.6. The maximum absolute atomic E-state index is 2.53. The van der Waals surface area contributed by atoms with Crippen LogP contribution in [0.1, 0.15) is 0 Å². The van der Waals surface area contributed by atoms with Crippen LogP contribution >= 0.6 is 11.3 Å². The molecule has 14 rings (SSSR count). The molecule has 0 fully saturated rings. The first-order valence-corrected chi connectivity index (χ1v) is 23.6. The minimum atomic E-state index is 1.20. The Kier molecular flexibility index (Phi) is 8.22. The maximum Gasteiger partial charge on any atom is 0.0619 e. The number of para-hydroxylation sites is 1. The molecule has 0 bridgehead atoms. The summed E-state index contributed by atoms with van der Waals surface area (Å²) >= 11 is 1.92. The number of benzene rings is 12. The van der Waals surface area contributed by atoms with Gasteiger partial charge in [0, 0.05) is 47.3 Å². The summed E-state index contributed by atoms with van der Waals surface area (Å²) in [5, 5.41) is 15.1. The van der Waals surface area contributed by atoms with Crippen molar-refractivity contribution in [2.75, 3.05) is 0 Å². The summed E-state index contributed by atoms with van der Waals surface area (Å²) in [4.78, 5) is 0. The Morgan fingerprint density at radius 2 is 0.727 bits per heavy atom. The molecule has 2 heteroatoms. The Balaban J connectivity index is 1.05. The Morgan fingerprint density at radius 1 is 0.273 bits per heavy atom. The standard InChI is InChI=1S/C64H39NS/c1-3-19-40(20-4-1)42-37-38-57-55(39-42)43-23-15-16-35-56(43)65(57)63-50-30-13-11-28-48(50)60(49-29-12-14-31-51(49)63)52-32-18-36-58-62(52)54-34-17-33-53(64(54)66-58)61-46-26-9-7-24-44(46)59(41-21-5-2-6-22-41)45-25-8-10-27-47(45)61/h1-39H. The Hall–Kier alpha value is -8.30. The monoisotopic (exact) mass is 853 g/mol. The lowest BCUT2D eigenvalue weighted by atomic mass is 9.85. The molecule has 0 aliphatic carbocycles. The van der Waals surface area contributed by atoms with Crippen LogP contribution in [0.4, 0.5) is 0 Å². The van der Waals surface area contributed by atoms with E-state index in [1.807, 2.05) is 11.3 Å². The fourth-order valence-electron chi connectivity index (χ4n) is 11.2. The topological polar surface area (TPSA) is 4.93 Å². The second-order valence-corrected chi connectivity index (χ2v) is 18.5. The number of hydrogen-bond donors (Lipinski definition) is 0. The highest BCUT2D eigenvalue weighted by molar-refractivity contribution is 7.26. The zero-order valence-electron chi connectivity index (χ0n) is 35.9. The number of thiophene rings is 1. The van der Waals surface area contributed by atoms with Crippen LogP contribution in [0.15, 0.2) is 237 Å². The van der Waals surface area contributed by atoms with Gasteiger partial charge in [-0.1, -0.05) is 212 Å². The van der Waals surface area contributed by atoms with E-state index >= 15 is 0 Å². The molecule has 2 aromatic heterocycles. The van der Waals surface area contributed by atoms with Gasteiger partial charge in [0.1, 0.15) is 0 Å². The first-order valence-electron chi connectivity index (χ1n) is 22.8. The highest BCUT2D eigenvalue weighted by Crippen LogP contribution is 2.51. The number of hydrogen-bond acceptors (Lipinski definition) is 1. The van der Waals surface area contributed by atoms with Crippen LogP contribution in [0.3, 0.4) is 0 Å². The van der Waals surface area contributed by atoms with E-state index in [1.165, 1.54) is 135 Å². The lowest BCUT2D eigenvalue weighted by Crippen LogP contribution is -1.99. The van der Waals surface area contributed by atoms with E-state index in [0.29, 0.717) is 0 Å². The van der Waals surface area contributed by atoms with Gasteiger partial charge in [0.2, 0.25) is 0 Å². The van der Waals surface area contributed by atoms with E-state index in [1.54, 1.807) is 0 Å². The van der Waals surface area contributed by atoms with Gasteiger partial charge in [0.15, 0.2) is 0 Å². The van der Waals surface area contributed by atoms with E-state index in [-0.39, 0.29) is 0 Å². The zero-order valence-corrected chi connectivity index (χ0v) is 36.7. The second-order valence-electron chi connectivity index (χ2n) is 17.4. The SMILES string of the molecule is c1ccc(-c2ccc3c(c2)c2ccccc2n3-c2c3ccccc3c(-c3cccc4sc5c(-c6c7ccccc7c(-c7ccccc7)c7ccccc67)cccc5c34)c3ccccc23)cc1.